The number of carbonyl (C=O) groups excluding carboxylic acids is 1. The van der Waals surface area contributed by atoms with Gasteiger partial charge in [-0.25, -0.2) is 9.59 Å². The van der Waals surface area contributed by atoms with E-state index in [2.05, 4.69) is 27.9 Å². The molecule has 0 saturated carbocycles. The fraction of sp³-hybridized carbons (Fsp3) is 0.556. The smallest absolute Gasteiger partial charge is 0.336 e. The molecule has 9 heteroatoms. The number of nitro groups is 1. The Kier molecular flexibility index (Phi) is 12.9. The number of aliphatic carboxylic acids is 1. The zero-order valence-electron chi connectivity index (χ0n) is 21.2. The number of nitrogens with one attached hydrogen (secondary N) is 1. The zero-order chi connectivity index (χ0) is 26.5. The molecule has 36 heavy (non-hydrogen) atoms. The predicted octanol–water partition coefficient (Wildman–Crippen LogP) is 6.79. The van der Waals surface area contributed by atoms with E-state index >= 15 is 0 Å². The summed E-state index contributed by atoms with van der Waals surface area (Å²) in [4.78, 5) is 36.0. The molecule has 1 aromatic rings. The number of ether oxygens (including phenoxy) is 1. The van der Waals surface area contributed by atoms with Gasteiger partial charge >= 0.3 is 11.9 Å². The molecular weight excluding hydrogens is 575 g/mol. The number of hydrogen-bond acceptors (Lipinski definition) is 6. The molecule has 0 saturated heterocycles. The Morgan fingerprint density at radius 1 is 0.972 bits per heavy atom. The van der Waals surface area contributed by atoms with Gasteiger partial charge in [0, 0.05) is 23.5 Å². The third-order valence-electron chi connectivity index (χ3n) is 6.39. The van der Waals surface area contributed by atoms with Crippen LogP contribution in [-0.2, 0) is 14.3 Å². The van der Waals surface area contributed by atoms with Gasteiger partial charge in [-0.05, 0) is 36.7 Å². The number of carboxylic acids is 1. The second kappa shape index (κ2) is 15.6. The van der Waals surface area contributed by atoms with Gasteiger partial charge in [0.1, 0.15) is 0 Å². The number of hydrogen-bond donors (Lipinski definition) is 2. The molecule has 1 atom stereocenters. The Hall–Kier alpha value is -2.43. The van der Waals surface area contributed by atoms with Gasteiger partial charge in [-0.1, -0.05) is 86.1 Å². The van der Waals surface area contributed by atoms with Crippen LogP contribution in [0.3, 0.4) is 0 Å². The van der Waals surface area contributed by atoms with Gasteiger partial charge in [0.05, 0.1) is 28.6 Å². The van der Waals surface area contributed by atoms with Crippen molar-refractivity contribution in [2.45, 2.75) is 84.0 Å². The summed E-state index contributed by atoms with van der Waals surface area (Å²) in [5, 5.41) is 24.2. The van der Waals surface area contributed by atoms with E-state index in [-0.39, 0.29) is 23.4 Å². The summed E-state index contributed by atoms with van der Waals surface area (Å²) in [5.74, 6) is -2.76. The lowest BCUT2D eigenvalue weighted by Crippen LogP contribution is -2.32. The first kappa shape index (κ1) is 29.8. The predicted molar refractivity (Wildman–Crippen MR) is 148 cm³/mol. The Balaban J connectivity index is 1.95. The number of non-ortho nitro benzene ring substituents is 1. The topological polar surface area (TPSA) is 119 Å². The lowest BCUT2D eigenvalue weighted by molar-refractivity contribution is -0.384. The number of nitrogens with zero attached hydrogens (tertiary/aromatic N) is 1. The molecule has 198 valence electrons. The van der Waals surface area contributed by atoms with Crippen molar-refractivity contribution in [2.24, 2.45) is 0 Å². The molecular formula is C27H37IN2O6. The summed E-state index contributed by atoms with van der Waals surface area (Å²) in [6, 6.07) is 5.75. The molecule has 2 N–H and O–H groups in total. The fourth-order valence-electron chi connectivity index (χ4n) is 4.55. The van der Waals surface area contributed by atoms with Crippen LogP contribution < -0.4 is 5.32 Å². The van der Waals surface area contributed by atoms with Gasteiger partial charge in [-0.2, -0.15) is 0 Å². The second-order valence-corrected chi connectivity index (χ2v) is 10.2. The van der Waals surface area contributed by atoms with Crippen molar-refractivity contribution in [2.75, 3.05) is 11.0 Å². The first-order valence-corrected chi connectivity index (χ1v) is 14.2. The first-order chi connectivity index (χ1) is 17.3. The number of rotatable bonds is 16. The molecule has 0 radical (unpaired) electrons. The summed E-state index contributed by atoms with van der Waals surface area (Å²) in [6.07, 6.45) is 11.7. The van der Waals surface area contributed by atoms with Crippen molar-refractivity contribution in [1.29, 1.82) is 0 Å². The van der Waals surface area contributed by atoms with Gasteiger partial charge in [0.2, 0.25) is 0 Å². The molecule has 1 aliphatic rings. The quantitative estimate of drug-likeness (QED) is 0.0527. The molecule has 0 aromatic heterocycles. The number of halogens is 1. The highest BCUT2D eigenvalue weighted by Crippen LogP contribution is 2.39. The van der Waals surface area contributed by atoms with Gasteiger partial charge < -0.3 is 15.2 Å². The van der Waals surface area contributed by atoms with E-state index in [1.165, 1.54) is 67.6 Å². The number of nitro benzene ring substituents is 1. The van der Waals surface area contributed by atoms with E-state index in [0.29, 0.717) is 17.0 Å². The zero-order valence-corrected chi connectivity index (χ0v) is 23.3. The van der Waals surface area contributed by atoms with E-state index in [9.17, 15) is 24.8 Å². The summed E-state index contributed by atoms with van der Waals surface area (Å²) < 4.78 is 6.78. The molecule has 8 nitrogen and oxygen atoms in total. The standard InChI is InChI=1S/C27H37IN2O6/c1-19-23(26(31)32)25(21-14-13-15-22(18-21)30(34)35)24(20(2)29-19)27(33)36-17-12-10-8-6-4-3-5-7-9-11-16-28/h13-15,18,25,29H,3-12,16-17H2,1-2H3,(H,31,32). The Morgan fingerprint density at radius 2 is 1.53 bits per heavy atom. The number of carbonyl (C=O) groups is 2. The number of dihydropyridines is 1. The van der Waals surface area contributed by atoms with Crippen molar-refractivity contribution in [3.05, 3.63) is 62.5 Å². The van der Waals surface area contributed by atoms with E-state index in [1.54, 1.807) is 19.9 Å². The van der Waals surface area contributed by atoms with Crippen molar-refractivity contribution in [1.82, 2.24) is 5.32 Å². The normalized spacial score (nSPS) is 15.6. The van der Waals surface area contributed by atoms with Crippen LogP contribution in [0.25, 0.3) is 0 Å². The number of carboxylic acid groups (broad SMARTS) is 1. The van der Waals surface area contributed by atoms with Crippen LogP contribution in [0.1, 0.15) is 89.5 Å². The Bertz CT molecular complexity index is 988. The second-order valence-electron chi connectivity index (χ2n) is 9.15. The van der Waals surface area contributed by atoms with Crippen molar-refractivity contribution < 1.29 is 24.4 Å². The van der Waals surface area contributed by atoms with E-state index in [4.69, 9.17) is 4.74 Å². The summed E-state index contributed by atoms with van der Waals surface area (Å²) in [7, 11) is 0. The van der Waals surface area contributed by atoms with Crippen LogP contribution in [0.4, 0.5) is 5.69 Å². The summed E-state index contributed by atoms with van der Waals surface area (Å²) in [6.45, 7) is 3.55. The van der Waals surface area contributed by atoms with Gasteiger partial charge in [-0.3, -0.25) is 10.1 Å². The van der Waals surface area contributed by atoms with Crippen LogP contribution >= 0.6 is 22.6 Å². The maximum absolute atomic E-state index is 13.1. The van der Waals surface area contributed by atoms with E-state index in [1.807, 2.05) is 0 Å². The minimum atomic E-state index is -1.20. The number of unbranched alkanes of at least 4 members (excludes halogenated alkanes) is 9. The van der Waals surface area contributed by atoms with Crippen LogP contribution in [-0.4, -0.2) is 33.0 Å². The third-order valence-corrected chi connectivity index (χ3v) is 7.15. The van der Waals surface area contributed by atoms with Gasteiger partial charge in [0.15, 0.2) is 0 Å². The average Bonchev–Trinajstić information content (AvgIpc) is 2.83. The maximum atomic E-state index is 13.1. The molecule has 2 rings (SSSR count). The molecule has 0 aliphatic carbocycles. The lowest BCUT2D eigenvalue weighted by Gasteiger charge is -2.29. The van der Waals surface area contributed by atoms with Crippen LogP contribution in [0.2, 0.25) is 0 Å². The van der Waals surface area contributed by atoms with Crippen LogP contribution in [0, 0.1) is 10.1 Å². The maximum Gasteiger partial charge on any atom is 0.336 e. The van der Waals surface area contributed by atoms with Crippen LogP contribution in [0.5, 0.6) is 0 Å². The van der Waals surface area contributed by atoms with Crippen molar-refractivity contribution in [3.8, 4) is 0 Å². The number of allylic oxidation sites excluding steroid dienone is 2. The summed E-state index contributed by atoms with van der Waals surface area (Å²) in [5.41, 5.74) is 1.21. The van der Waals surface area contributed by atoms with Gasteiger partial charge in [0.25, 0.3) is 5.69 Å². The van der Waals surface area contributed by atoms with Crippen LogP contribution in [0.15, 0.2) is 46.8 Å². The number of benzene rings is 1. The molecule has 0 fully saturated rings. The fourth-order valence-corrected chi connectivity index (χ4v) is 5.09. The molecule has 1 aliphatic heterocycles. The molecule has 1 heterocycles. The molecule has 1 aromatic carbocycles. The molecule has 0 spiro atoms. The minimum Gasteiger partial charge on any atom is -0.478 e. The average molecular weight is 613 g/mol. The largest absolute Gasteiger partial charge is 0.478 e. The van der Waals surface area contributed by atoms with Gasteiger partial charge in [-0.15, -0.1) is 0 Å². The molecule has 0 bridgehead atoms. The first-order valence-electron chi connectivity index (χ1n) is 12.7. The summed E-state index contributed by atoms with van der Waals surface area (Å²) >= 11 is 2.42. The third kappa shape index (κ3) is 8.90. The van der Waals surface area contributed by atoms with E-state index in [0.717, 1.165) is 19.3 Å². The van der Waals surface area contributed by atoms with Crippen molar-refractivity contribution in [3.63, 3.8) is 0 Å². The lowest BCUT2D eigenvalue weighted by atomic mass is 9.80. The number of esters is 1. The molecule has 0 amide bonds. The SMILES string of the molecule is CC1=C(C(=O)O)C(c2cccc([N+](=O)[O-])c2)C(C(=O)OCCCCCCCCCCCCI)=C(C)N1. The highest BCUT2D eigenvalue weighted by atomic mass is 127. The van der Waals surface area contributed by atoms with E-state index < -0.39 is 22.8 Å². The molecule has 1 unspecified atom stereocenters. The monoisotopic (exact) mass is 612 g/mol. The minimum absolute atomic E-state index is 0.0256. The Morgan fingerprint density at radius 3 is 2.08 bits per heavy atom. The Labute approximate surface area is 226 Å². The van der Waals surface area contributed by atoms with Crippen molar-refractivity contribution >= 4 is 40.2 Å². The number of alkyl halides is 1. The highest BCUT2D eigenvalue weighted by Gasteiger charge is 2.37. The highest BCUT2D eigenvalue weighted by molar-refractivity contribution is 14.1.